The molecule has 0 aromatic carbocycles. The zero-order valence-corrected chi connectivity index (χ0v) is 14.1. The van der Waals surface area contributed by atoms with Crippen LogP contribution in [-0.4, -0.2) is 62.1 Å². The number of carbonyl (C=O) groups is 1. The molecule has 0 amide bonds. The minimum atomic E-state index is -0.684. The lowest BCUT2D eigenvalue weighted by Gasteiger charge is -2.59. The van der Waals surface area contributed by atoms with E-state index in [1.165, 1.54) is 5.56 Å². The summed E-state index contributed by atoms with van der Waals surface area (Å²) in [4.78, 5) is 19.6. The maximum atomic E-state index is 13.2. The fourth-order valence-electron chi connectivity index (χ4n) is 6.17. The number of fused-ring (bicyclic) bond motifs is 3. The molecule has 2 aliphatic carbocycles. The van der Waals surface area contributed by atoms with E-state index in [1.807, 2.05) is 12.3 Å². The molecule has 1 aromatic rings. The van der Waals surface area contributed by atoms with Gasteiger partial charge in [-0.15, -0.1) is 11.8 Å². The van der Waals surface area contributed by atoms with E-state index in [0.717, 1.165) is 41.1 Å². The average Bonchev–Trinajstić information content (AvgIpc) is 3.13. The number of piperidine rings is 1. The van der Waals surface area contributed by atoms with Crippen LogP contribution in [0.3, 0.4) is 0 Å². The normalized spacial score (nSPS) is 45.0. The number of hydrogen-bond donors (Lipinski definition) is 4. The van der Waals surface area contributed by atoms with Crippen molar-refractivity contribution in [3.63, 3.8) is 0 Å². The van der Waals surface area contributed by atoms with Gasteiger partial charge in [0.25, 0.3) is 0 Å². The first kappa shape index (κ1) is 13.6. The molecular weight excluding hydrogens is 338 g/mol. The van der Waals surface area contributed by atoms with Gasteiger partial charge in [-0.05, 0) is 35.0 Å². The van der Waals surface area contributed by atoms with Crippen LogP contribution in [0.4, 0.5) is 0 Å². The number of aliphatic hydroxyl groups is 2. The van der Waals surface area contributed by atoms with Crippen LogP contribution in [0.1, 0.15) is 28.0 Å². The zero-order valence-electron chi connectivity index (χ0n) is 13.3. The SMILES string of the molecule is O=C1c2[nH]cc3c2C2=C4C1N[C@@H]1C[C@@]45C(=C[C@@H](O)C([C@@H]5O)N2CC3)S1. The smallest absolute Gasteiger partial charge is 0.200 e. The number of aliphatic hydroxyl groups excluding tert-OH is 2. The second-order valence-corrected chi connectivity index (χ2v) is 9.22. The van der Waals surface area contributed by atoms with Gasteiger partial charge in [-0.3, -0.25) is 10.1 Å². The van der Waals surface area contributed by atoms with Crippen LogP contribution in [0.5, 0.6) is 0 Å². The first-order chi connectivity index (χ1) is 12.1. The van der Waals surface area contributed by atoms with Gasteiger partial charge in [-0.2, -0.15) is 0 Å². The number of H-pyrrole nitrogens is 1. The van der Waals surface area contributed by atoms with Crippen molar-refractivity contribution in [3.05, 3.63) is 39.6 Å². The number of aromatic nitrogens is 1. The third kappa shape index (κ3) is 1.23. The fraction of sp³-hybridized carbons (Fsp3) is 0.500. The summed E-state index contributed by atoms with van der Waals surface area (Å²) < 4.78 is 0. The van der Waals surface area contributed by atoms with Gasteiger partial charge < -0.3 is 20.1 Å². The van der Waals surface area contributed by atoms with Gasteiger partial charge in [0.15, 0.2) is 0 Å². The van der Waals surface area contributed by atoms with Gasteiger partial charge in [0.05, 0.1) is 40.8 Å². The van der Waals surface area contributed by atoms with E-state index < -0.39 is 17.6 Å². The zero-order chi connectivity index (χ0) is 16.7. The summed E-state index contributed by atoms with van der Waals surface area (Å²) >= 11 is 1.67. The number of Topliss-reactive ketones (excluding diaryl/α,β-unsaturated/α-hetero) is 1. The second kappa shape index (κ2) is 3.91. The molecule has 2 saturated heterocycles. The molecular formula is C18H17N3O3S. The molecule has 25 heavy (non-hydrogen) atoms. The van der Waals surface area contributed by atoms with Crippen molar-refractivity contribution >= 4 is 23.2 Å². The Labute approximate surface area is 148 Å². The van der Waals surface area contributed by atoms with Crippen molar-refractivity contribution in [2.24, 2.45) is 5.41 Å². The number of aromatic amines is 1. The molecule has 7 rings (SSSR count). The molecule has 0 saturated carbocycles. The molecule has 128 valence electrons. The van der Waals surface area contributed by atoms with E-state index in [2.05, 4.69) is 15.2 Å². The minimum Gasteiger partial charge on any atom is -0.390 e. The summed E-state index contributed by atoms with van der Waals surface area (Å²) in [5, 5.41) is 25.8. The van der Waals surface area contributed by atoms with Gasteiger partial charge >= 0.3 is 0 Å². The number of thioether (sulfide) groups is 1. The lowest BCUT2D eigenvalue weighted by molar-refractivity contribution is -0.0617. The Balaban J connectivity index is 1.66. The number of nitrogens with zero attached hydrogens (tertiary/aromatic N) is 1. The number of hydrogen-bond acceptors (Lipinski definition) is 6. The van der Waals surface area contributed by atoms with Crippen LogP contribution in [0.2, 0.25) is 0 Å². The lowest BCUT2D eigenvalue weighted by atomic mass is 9.57. The Morgan fingerprint density at radius 3 is 3.12 bits per heavy atom. The van der Waals surface area contributed by atoms with Crippen LogP contribution in [0.15, 0.2) is 22.8 Å². The third-order valence-corrected chi connectivity index (χ3v) is 8.41. The summed E-state index contributed by atoms with van der Waals surface area (Å²) in [7, 11) is 0. The van der Waals surface area contributed by atoms with Gasteiger partial charge in [0, 0.05) is 24.0 Å². The summed E-state index contributed by atoms with van der Waals surface area (Å²) in [6.45, 7) is 0.763. The van der Waals surface area contributed by atoms with E-state index in [4.69, 9.17) is 0 Å². The Morgan fingerprint density at radius 2 is 2.24 bits per heavy atom. The number of ketones is 1. The summed E-state index contributed by atoms with van der Waals surface area (Å²) in [5.41, 5.74) is 4.53. The highest BCUT2D eigenvalue weighted by atomic mass is 32.2. The standard InChI is InChI=1S/C18H17N3O3S/c22-7-3-8-18-4-9(25-8)20-13-11(18)15-10-6(5-19-12(10)16(13)23)1-2-21(15)14(7)17(18)24/h3,5,7,9,13-14,17,19-20,22,24H,1-2,4H2/t7-,9+,13?,14?,17+,18-/m1/s1. The highest BCUT2D eigenvalue weighted by Gasteiger charge is 2.68. The molecule has 6 nitrogen and oxygen atoms in total. The first-order valence-corrected chi connectivity index (χ1v) is 9.76. The number of carbonyl (C=O) groups excluding carboxylic acids is 1. The van der Waals surface area contributed by atoms with Crippen LogP contribution >= 0.6 is 11.8 Å². The highest BCUT2D eigenvalue weighted by molar-refractivity contribution is 8.04. The molecule has 5 heterocycles. The topological polar surface area (TPSA) is 88.6 Å². The van der Waals surface area contributed by atoms with E-state index in [9.17, 15) is 15.0 Å². The van der Waals surface area contributed by atoms with E-state index >= 15 is 0 Å². The number of nitrogens with one attached hydrogen (secondary N) is 2. The molecule has 1 aromatic heterocycles. The van der Waals surface area contributed by atoms with Gasteiger partial charge in [-0.1, -0.05) is 0 Å². The van der Waals surface area contributed by atoms with E-state index in [1.54, 1.807) is 11.8 Å². The molecule has 6 atom stereocenters. The van der Waals surface area contributed by atoms with Gasteiger partial charge in [0.2, 0.25) is 5.78 Å². The van der Waals surface area contributed by atoms with Crippen LogP contribution < -0.4 is 5.32 Å². The first-order valence-electron chi connectivity index (χ1n) is 8.88. The van der Waals surface area contributed by atoms with E-state index in [-0.39, 0.29) is 23.2 Å². The van der Waals surface area contributed by atoms with Crippen molar-refractivity contribution in [2.75, 3.05) is 6.54 Å². The molecule has 1 spiro atoms. The quantitative estimate of drug-likeness (QED) is 0.532. The molecule has 3 bridgehead atoms. The second-order valence-electron chi connectivity index (χ2n) is 7.97. The van der Waals surface area contributed by atoms with Crippen LogP contribution in [0.25, 0.3) is 5.70 Å². The summed E-state index contributed by atoms with van der Waals surface area (Å²) in [5.74, 6) is 0.0875. The molecule has 0 radical (unpaired) electrons. The molecule has 2 unspecified atom stereocenters. The molecule has 7 heteroatoms. The van der Waals surface area contributed by atoms with Crippen molar-refractivity contribution < 1.29 is 15.0 Å². The maximum absolute atomic E-state index is 13.2. The monoisotopic (exact) mass is 355 g/mol. The Bertz CT molecular complexity index is 949. The third-order valence-electron chi connectivity index (χ3n) is 7.07. The van der Waals surface area contributed by atoms with Crippen molar-refractivity contribution in [1.82, 2.24) is 15.2 Å². The predicted molar refractivity (Wildman–Crippen MR) is 91.7 cm³/mol. The van der Waals surface area contributed by atoms with Gasteiger partial charge in [0.1, 0.15) is 0 Å². The summed E-state index contributed by atoms with van der Waals surface area (Å²) in [6.07, 6.45) is 4.16. The Morgan fingerprint density at radius 1 is 1.36 bits per heavy atom. The predicted octanol–water partition coefficient (Wildman–Crippen LogP) is 0.203. The van der Waals surface area contributed by atoms with Crippen molar-refractivity contribution in [2.45, 2.75) is 42.5 Å². The van der Waals surface area contributed by atoms with Gasteiger partial charge in [-0.25, -0.2) is 0 Å². The van der Waals surface area contributed by atoms with Crippen LogP contribution in [0, 0.1) is 5.41 Å². The Kier molecular flexibility index (Phi) is 2.13. The maximum Gasteiger partial charge on any atom is 0.200 e. The lowest BCUT2D eigenvalue weighted by Crippen LogP contribution is -2.68. The largest absolute Gasteiger partial charge is 0.390 e. The highest BCUT2D eigenvalue weighted by Crippen LogP contribution is 2.67. The molecule has 4 N–H and O–H groups in total. The molecule has 4 aliphatic heterocycles. The molecule has 2 fully saturated rings. The van der Waals surface area contributed by atoms with Crippen molar-refractivity contribution in [1.29, 1.82) is 0 Å². The molecule has 6 aliphatic rings. The number of rotatable bonds is 0. The Hall–Kier alpha value is -1.54. The fourth-order valence-corrected chi connectivity index (χ4v) is 7.76. The van der Waals surface area contributed by atoms with Crippen molar-refractivity contribution in [3.8, 4) is 0 Å². The summed E-state index contributed by atoms with van der Waals surface area (Å²) in [6, 6.07) is -0.706. The minimum absolute atomic E-state index is 0.0875. The van der Waals surface area contributed by atoms with E-state index in [0.29, 0.717) is 5.69 Å². The van der Waals surface area contributed by atoms with Crippen LogP contribution in [-0.2, 0) is 6.42 Å². The average molecular weight is 355 g/mol.